The lowest BCUT2D eigenvalue weighted by atomic mass is 10.2. The van der Waals surface area contributed by atoms with Crippen molar-refractivity contribution < 1.29 is 4.79 Å². The van der Waals surface area contributed by atoms with E-state index in [0.29, 0.717) is 29.2 Å². The summed E-state index contributed by atoms with van der Waals surface area (Å²) in [5.41, 5.74) is 3.51. The molecule has 0 aliphatic carbocycles. The molecule has 126 valence electrons. The van der Waals surface area contributed by atoms with Crippen LogP contribution in [-0.2, 0) is 6.42 Å². The quantitative estimate of drug-likeness (QED) is 0.593. The number of amides is 1. The van der Waals surface area contributed by atoms with Gasteiger partial charge in [-0.15, -0.1) is 11.3 Å². The SMILES string of the molecule is Cc1cc(=O)n2c(CCNC(=O)c3ccc4nsnc4c3)csc2n1. The first-order chi connectivity index (χ1) is 12.1. The highest BCUT2D eigenvalue weighted by atomic mass is 32.1. The minimum atomic E-state index is -0.171. The fourth-order valence-electron chi connectivity index (χ4n) is 2.59. The van der Waals surface area contributed by atoms with E-state index in [9.17, 15) is 9.59 Å². The van der Waals surface area contributed by atoms with Gasteiger partial charge < -0.3 is 5.32 Å². The minimum absolute atomic E-state index is 0.0911. The molecule has 25 heavy (non-hydrogen) atoms. The number of aromatic nitrogens is 4. The first-order valence-corrected chi connectivity index (χ1v) is 9.20. The van der Waals surface area contributed by atoms with E-state index >= 15 is 0 Å². The molecule has 0 atom stereocenters. The summed E-state index contributed by atoms with van der Waals surface area (Å²) >= 11 is 2.55. The van der Waals surface area contributed by atoms with Gasteiger partial charge in [0.1, 0.15) is 11.0 Å². The number of carbonyl (C=O) groups is 1. The van der Waals surface area contributed by atoms with Crippen molar-refractivity contribution in [1.29, 1.82) is 0 Å². The standard InChI is InChI=1S/C16H13N5O2S2/c1-9-6-14(22)21-11(8-24-16(21)18-9)4-5-17-15(23)10-2-3-12-13(7-10)20-25-19-12/h2-3,6-8H,4-5H2,1H3,(H,17,23). The van der Waals surface area contributed by atoms with E-state index in [0.717, 1.165) is 28.5 Å². The first-order valence-electron chi connectivity index (χ1n) is 7.59. The van der Waals surface area contributed by atoms with Gasteiger partial charge in [-0.05, 0) is 25.1 Å². The van der Waals surface area contributed by atoms with Gasteiger partial charge in [0, 0.05) is 41.4 Å². The van der Waals surface area contributed by atoms with Crippen LogP contribution in [0.3, 0.4) is 0 Å². The van der Waals surface area contributed by atoms with E-state index in [1.807, 2.05) is 5.38 Å². The number of hydrogen-bond donors (Lipinski definition) is 1. The average Bonchev–Trinajstić information content (AvgIpc) is 3.20. The number of aryl methyl sites for hydroxylation is 1. The molecule has 1 N–H and O–H groups in total. The van der Waals surface area contributed by atoms with E-state index in [1.54, 1.807) is 29.5 Å². The van der Waals surface area contributed by atoms with Crippen LogP contribution in [-0.4, -0.2) is 30.6 Å². The van der Waals surface area contributed by atoms with Crippen LogP contribution in [0.4, 0.5) is 0 Å². The second-order valence-corrected chi connectivity index (χ2v) is 6.92. The molecule has 7 nitrogen and oxygen atoms in total. The molecule has 0 bridgehead atoms. The van der Waals surface area contributed by atoms with Gasteiger partial charge in [-0.2, -0.15) is 8.75 Å². The summed E-state index contributed by atoms with van der Waals surface area (Å²) in [6.45, 7) is 2.23. The van der Waals surface area contributed by atoms with Gasteiger partial charge in [-0.25, -0.2) is 4.98 Å². The van der Waals surface area contributed by atoms with Crippen molar-refractivity contribution >= 4 is 45.0 Å². The number of nitrogens with zero attached hydrogens (tertiary/aromatic N) is 4. The Labute approximate surface area is 150 Å². The fraction of sp³-hybridized carbons (Fsp3) is 0.188. The van der Waals surface area contributed by atoms with Crippen molar-refractivity contribution in [2.75, 3.05) is 6.54 Å². The number of hydrogen-bond acceptors (Lipinski definition) is 7. The van der Waals surface area contributed by atoms with Gasteiger partial charge in [-0.3, -0.25) is 14.0 Å². The third kappa shape index (κ3) is 3.03. The maximum absolute atomic E-state index is 12.3. The topological polar surface area (TPSA) is 89.2 Å². The molecule has 1 aromatic carbocycles. The number of carbonyl (C=O) groups excluding carboxylic acids is 1. The van der Waals surface area contributed by atoms with Gasteiger partial charge in [0.25, 0.3) is 11.5 Å². The van der Waals surface area contributed by atoms with Crippen LogP contribution in [0.15, 0.2) is 34.4 Å². The molecule has 0 fully saturated rings. The molecule has 0 aliphatic rings. The molecular weight excluding hydrogens is 358 g/mol. The highest BCUT2D eigenvalue weighted by Gasteiger charge is 2.10. The van der Waals surface area contributed by atoms with Crippen LogP contribution in [0.2, 0.25) is 0 Å². The molecule has 4 rings (SSSR count). The summed E-state index contributed by atoms with van der Waals surface area (Å²) in [6, 6.07) is 6.76. The third-order valence-corrected chi connectivity index (χ3v) is 5.22. The van der Waals surface area contributed by atoms with Crippen molar-refractivity contribution in [3.63, 3.8) is 0 Å². The molecule has 0 radical (unpaired) electrons. The summed E-state index contributed by atoms with van der Waals surface area (Å²) in [6.07, 6.45) is 0.552. The molecule has 9 heteroatoms. The zero-order chi connectivity index (χ0) is 17.4. The largest absolute Gasteiger partial charge is 0.352 e. The molecular formula is C16H13N5O2S2. The predicted octanol–water partition coefficient (Wildman–Crippen LogP) is 2.04. The highest BCUT2D eigenvalue weighted by molar-refractivity contribution is 7.15. The lowest BCUT2D eigenvalue weighted by molar-refractivity contribution is 0.0954. The second-order valence-electron chi connectivity index (χ2n) is 5.55. The maximum atomic E-state index is 12.3. The number of nitrogens with one attached hydrogen (secondary N) is 1. The van der Waals surface area contributed by atoms with E-state index in [4.69, 9.17) is 0 Å². The predicted molar refractivity (Wildman–Crippen MR) is 97.5 cm³/mol. The normalized spacial score (nSPS) is 11.2. The molecule has 0 unspecified atom stereocenters. The van der Waals surface area contributed by atoms with Gasteiger partial charge in [0.15, 0.2) is 4.96 Å². The van der Waals surface area contributed by atoms with E-state index in [2.05, 4.69) is 19.0 Å². The first kappa shape index (κ1) is 15.9. The maximum Gasteiger partial charge on any atom is 0.258 e. The number of rotatable bonds is 4. The molecule has 3 aromatic heterocycles. The number of thiazole rings is 1. The summed E-state index contributed by atoms with van der Waals surface area (Å²) in [4.78, 5) is 29.4. The molecule has 0 saturated heterocycles. The minimum Gasteiger partial charge on any atom is -0.352 e. The monoisotopic (exact) mass is 371 g/mol. The van der Waals surface area contributed by atoms with Crippen molar-refractivity contribution in [1.82, 2.24) is 23.4 Å². The van der Waals surface area contributed by atoms with E-state index in [1.165, 1.54) is 17.4 Å². The Morgan fingerprint density at radius 1 is 1.24 bits per heavy atom. The summed E-state index contributed by atoms with van der Waals surface area (Å²) in [5, 5.41) is 4.78. The van der Waals surface area contributed by atoms with Crippen LogP contribution in [0, 0.1) is 6.92 Å². The molecule has 0 saturated carbocycles. The average molecular weight is 371 g/mol. The Balaban J connectivity index is 1.47. The van der Waals surface area contributed by atoms with Gasteiger partial charge in [0.2, 0.25) is 0 Å². The Morgan fingerprint density at radius 3 is 2.96 bits per heavy atom. The second kappa shape index (κ2) is 6.34. The van der Waals surface area contributed by atoms with Gasteiger partial charge in [0.05, 0.1) is 11.7 Å². The molecule has 3 heterocycles. The lowest BCUT2D eigenvalue weighted by Crippen LogP contribution is -2.26. The zero-order valence-electron chi connectivity index (χ0n) is 13.2. The van der Waals surface area contributed by atoms with Crippen LogP contribution in [0.1, 0.15) is 21.7 Å². The van der Waals surface area contributed by atoms with Gasteiger partial charge >= 0.3 is 0 Å². The molecule has 4 aromatic rings. The van der Waals surface area contributed by atoms with Crippen LogP contribution >= 0.6 is 23.1 Å². The van der Waals surface area contributed by atoms with Crippen molar-refractivity contribution in [2.24, 2.45) is 0 Å². The van der Waals surface area contributed by atoms with Crippen LogP contribution < -0.4 is 10.9 Å². The van der Waals surface area contributed by atoms with E-state index in [-0.39, 0.29) is 11.5 Å². The summed E-state index contributed by atoms with van der Waals surface area (Å²) < 4.78 is 9.85. The van der Waals surface area contributed by atoms with E-state index < -0.39 is 0 Å². The molecule has 0 spiro atoms. The van der Waals surface area contributed by atoms with Gasteiger partial charge in [-0.1, -0.05) is 0 Å². The number of benzene rings is 1. The zero-order valence-corrected chi connectivity index (χ0v) is 14.9. The lowest BCUT2D eigenvalue weighted by Gasteiger charge is -2.05. The van der Waals surface area contributed by atoms with Crippen molar-refractivity contribution in [3.8, 4) is 0 Å². The van der Waals surface area contributed by atoms with Crippen LogP contribution in [0.25, 0.3) is 16.0 Å². The third-order valence-electron chi connectivity index (χ3n) is 3.79. The Kier molecular flexibility index (Phi) is 4.02. The molecule has 0 aliphatic heterocycles. The Morgan fingerprint density at radius 2 is 2.08 bits per heavy atom. The van der Waals surface area contributed by atoms with Crippen molar-refractivity contribution in [3.05, 3.63) is 57.0 Å². The van der Waals surface area contributed by atoms with Crippen LogP contribution in [0.5, 0.6) is 0 Å². The Hall–Kier alpha value is -2.65. The van der Waals surface area contributed by atoms with Crippen molar-refractivity contribution in [2.45, 2.75) is 13.3 Å². The summed E-state index contributed by atoms with van der Waals surface area (Å²) in [7, 11) is 0. The highest BCUT2D eigenvalue weighted by Crippen LogP contribution is 2.14. The summed E-state index contributed by atoms with van der Waals surface area (Å²) in [5.74, 6) is -0.171. The fourth-order valence-corrected chi connectivity index (χ4v) is 4.08. The smallest absolute Gasteiger partial charge is 0.258 e. The number of fused-ring (bicyclic) bond motifs is 2. The Bertz CT molecular complexity index is 1140. The molecule has 1 amide bonds.